The lowest BCUT2D eigenvalue weighted by molar-refractivity contribution is -0.130. The van der Waals surface area contributed by atoms with Crippen molar-refractivity contribution in [1.82, 2.24) is 0 Å². The molecular weight excluding hydrogens is 536 g/mol. The number of hydrogen-bond donors (Lipinski definition) is 1. The number of fused-ring (bicyclic) bond motifs is 2. The molecule has 0 aromatic heterocycles. The van der Waals surface area contributed by atoms with Crippen LogP contribution < -0.4 is 0 Å². The van der Waals surface area contributed by atoms with Crippen LogP contribution >= 0.6 is 0 Å². The van der Waals surface area contributed by atoms with Crippen LogP contribution in [0.4, 0.5) is 0 Å². The van der Waals surface area contributed by atoms with E-state index in [2.05, 4.69) is 21.5 Å². The van der Waals surface area contributed by atoms with Crippen molar-refractivity contribution in [1.29, 1.82) is 0 Å². The van der Waals surface area contributed by atoms with Crippen molar-refractivity contribution < 1.29 is 47.8 Å². The summed E-state index contributed by atoms with van der Waals surface area (Å²) in [7, 11) is -16.5. The molecule has 3 aromatic carbocycles. The second-order valence-electron chi connectivity index (χ2n) is 7.64. The molecule has 0 saturated carbocycles. The molecule has 0 atom stereocenters. The van der Waals surface area contributed by atoms with E-state index in [-0.39, 0.29) is 11.0 Å². The summed E-state index contributed by atoms with van der Waals surface area (Å²) in [6.07, 6.45) is 0. The average Bonchev–Trinajstić information content (AvgIpc) is 2.74. The van der Waals surface area contributed by atoms with Crippen LogP contribution in [0.2, 0.25) is 0 Å². The van der Waals surface area contributed by atoms with Gasteiger partial charge in [0.25, 0.3) is 10.1 Å². The summed E-state index contributed by atoms with van der Waals surface area (Å²) in [5, 5.41) is 0.337. The highest BCUT2D eigenvalue weighted by molar-refractivity contribution is 7.91. The first kappa shape index (κ1) is 27.0. The Morgan fingerprint density at radius 2 is 1.17 bits per heavy atom. The lowest BCUT2D eigenvalue weighted by atomic mass is 10.0. The minimum atomic E-state index is -5.58. The van der Waals surface area contributed by atoms with Crippen molar-refractivity contribution in [3.05, 3.63) is 66.8 Å². The predicted molar refractivity (Wildman–Crippen MR) is 127 cm³/mol. The SMILES string of the molecule is C=C(C)C(=O)OS(=O)(=O)c1c(S(=O)(=O)O)cc2cc3ccccc3cc2c1S(=O)(=O)OC(=O)C(=C)C. The predicted octanol–water partition coefficient (Wildman–Crippen LogP) is 2.86. The Hall–Kier alpha value is -3.59. The maximum atomic E-state index is 13.3. The number of carbonyl (C=O) groups excluding carboxylic acids is 2. The molecule has 0 saturated heterocycles. The van der Waals surface area contributed by atoms with E-state index in [1.54, 1.807) is 24.3 Å². The molecule has 0 unspecified atom stereocenters. The van der Waals surface area contributed by atoms with Crippen LogP contribution in [0.3, 0.4) is 0 Å². The van der Waals surface area contributed by atoms with Gasteiger partial charge in [-0.05, 0) is 48.2 Å². The minimum absolute atomic E-state index is 0.156. The second kappa shape index (κ2) is 9.13. The fourth-order valence-electron chi connectivity index (χ4n) is 3.12. The summed E-state index contributed by atoms with van der Waals surface area (Å²) in [5.74, 6) is -3.00. The van der Waals surface area contributed by atoms with E-state index in [1.807, 2.05) is 0 Å². The summed E-state index contributed by atoms with van der Waals surface area (Å²) in [5.41, 5.74) is -0.797. The molecule has 0 radical (unpaired) electrons. The van der Waals surface area contributed by atoms with Gasteiger partial charge in [-0.25, -0.2) is 9.59 Å². The molecule has 0 fully saturated rings. The van der Waals surface area contributed by atoms with E-state index in [0.29, 0.717) is 16.8 Å². The van der Waals surface area contributed by atoms with E-state index in [0.717, 1.165) is 13.8 Å². The highest BCUT2D eigenvalue weighted by Crippen LogP contribution is 2.39. The Kier molecular flexibility index (Phi) is 6.85. The van der Waals surface area contributed by atoms with E-state index in [9.17, 15) is 39.4 Å². The normalized spacial score (nSPS) is 12.3. The summed E-state index contributed by atoms with van der Waals surface area (Å²) < 4.78 is 96.0. The van der Waals surface area contributed by atoms with Crippen molar-refractivity contribution in [3.63, 3.8) is 0 Å². The molecule has 0 aliphatic heterocycles. The van der Waals surface area contributed by atoms with Gasteiger partial charge in [0.15, 0.2) is 0 Å². The van der Waals surface area contributed by atoms with Crippen molar-refractivity contribution in [2.75, 3.05) is 0 Å². The zero-order chi connectivity index (χ0) is 27.2. The standard InChI is InChI=1S/C22H18O11S3/c1-12(2)21(23)32-35(28,29)19-17-10-15-8-6-5-7-14(15)9-16(17)11-18(34(25,26)27)20(19)36(30,31)33-22(24)13(3)4/h5-11H,1,3H2,2,4H3,(H,25,26,27). The molecule has 0 heterocycles. The first-order valence-electron chi connectivity index (χ1n) is 9.71. The smallest absolute Gasteiger partial charge is 0.338 e. The summed E-state index contributed by atoms with van der Waals surface area (Å²) in [4.78, 5) is 19.7. The Bertz CT molecular complexity index is 1820. The minimum Gasteiger partial charge on any atom is -0.338 e. The summed E-state index contributed by atoms with van der Waals surface area (Å²) in [6.45, 7) is 8.66. The molecule has 0 aliphatic rings. The topological polar surface area (TPSA) is 175 Å². The van der Waals surface area contributed by atoms with Gasteiger partial charge in [0.05, 0.1) is 0 Å². The number of benzene rings is 3. The summed E-state index contributed by atoms with van der Waals surface area (Å²) >= 11 is 0. The highest BCUT2D eigenvalue weighted by Gasteiger charge is 2.40. The molecule has 3 rings (SSSR count). The second-order valence-corrected chi connectivity index (χ2v) is 12.0. The Morgan fingerprint density at radius 3 is 1.61 bits per heavy atom. The Balaban J connectivity index is 2.62. The molecule has 36 heavy (non-hydrogen) atoms. The Morgan fingerprint density at radius 1 is 0.722 bits per heavy atom. The molecular formula is C22H18O11S3. The van der Waals surface area contributed by atoms with Crippen LogP contribution in [0, 0.1) is 0 Å². The molecule has 3 aromatic rings. The van der Waals surface area contributed by atoms with Gasteiger partial charge in [-0.3, -0.25) is 4.55 Å². The van der Waals surface area contributed by atoms with Crippen LogP contribution in [0.5, 0.6) is 0 Å². The van der Waals surface area contributed by atoms with Crippen LogP contribution in [0.25, 0.3) is 21.5 Å². The van der Waals surface area contributed by atoms with Crippen LogP contribution in [0.15, 0.2) is 81.5 Å². The molecule has 0 bridgehead atoms. The first-order chi connectivity index (χ1) is 16.5. The molecule has 11 nitrogen and oxygen atoms in total. The molecule has 14 heteroatoms. The largest absolute Gasteiger partial charge is 0.349 e. The third-order valence-electron chi connectivity index (χ3n) is 4.72. The first-order valence-corrected chi connectivity index (χ1v) is 14.0. The average molecular weight is 555 g/mol. The van der Waals surface area contributed by atoms with Crippen LogP contribution in [-0.4, -0.2) is 41.7 Å². The Labute approximate surface area is 206 Å². The van der Waals surface area contributed by atoms with Gasteiger partial charge in [-0.2, -0.15) is 25.3 Å². The maximum absolute atomic E-state index is 13.3. The third kappa shape index (κ3) is 5.16. The zero-order valence-electron chi connectivity index (χ0n) is 18.7. The van der Waals surface area contributed by atoms with E-state index in [1.165, 1.54) is 12.1 Å². The van der Waals surface area contributed by atoms with Crippen molar-refractivity contribution in [2.45, 2.75) is 28.5 Å². The fourth-order valence-corrected chi connectivity index (χ4v) is 7.30. The fraction of sp³-hybridized carbons (Fsp3) is 0.0909. The van der Waals surface area contributed by atoms with Gasteiger partial charge in [0, 0.05) is 16.5 Å². The van der Waals surface area contributed by atoms with E-state index < -0.39 is 67.9 Å². The zero-order valence-corrected chi connectivity index (χ0v) is 21.2. The molecule has 0 aliphatic carbocycles. The van der Waals surface area contributed by atoms with Crippen molar-refractivity contribution >= 4 is 63.8 Å². The highest BCUT2D eigenvalue weighted by atomic mass is 32.2. The van der Waals surface area contributed by atoms with Crippen molar-refractivity contribution in [3.8, 4) is 0 Å². The molecule has 0 spiro atoms. The quantitative estimate of drug-likeness (QED) is 0.197. The van der Waals surface area contributed by atoms with Gasteiger partial charge in [0.1, 0.15) is 14.7 Å². The maximum Gasteiger partial charge on any atom is 0.349 e. The third-order valence-corrected chi connectivity index (χ3v) is 8.45. The van der Waals surface area contributed by atoms with E-state index >= 15 is 0 Å². The van der Waals surface area contributed by atoms with Gasteiger partial charge < -0.3 is 8.37 Å². The summed E-state index contributed by atoms with van der Waals surface area (Å²) in [6, 6.07) is 9.63. The molecule has 1 N–H and O–H groups in total. The lowest BCUT2D eigenvalue weighted by Gasteiger charge is -2.17. The number of rotatable bonds is 7. The van der Waals surface area contributed by atoms with Crippen molar-refractivity contribution in [2.24, 2.45) is 0 Å². The lowest BCUT2D eigenvalue weighted by Crippen LogP contribution is -2.22. The van der Waals surface area contributed by atoms with Gasteiger partial charge in [0.2, 0.25) is 0 Å². The van der Waals surface area contributed by atoms with Gasteiger partial charge in [-0.15, -0.1) is 0 Å². The molecule has 0 amide bonds. The van der Waals surface area contributed by atoms with Gasteiger partial charge in [-0.1, -0.05) is 37.4 Å². The monoisotopic (exact) mass is 554 g/mol. The van der Waals surface area contributed by atoms with Crippen LogP contribution in [-0.2, 0) is 48.3 Å². The number of carbonyl (C=O) groups is 2. The molecule has 190 valence electrons. The van der Waals surface area contributed by atoms with E-state index in [4.69, 9.17) is 0 Å². The van der Waals surface area contributed by atoms with Gasteiger partial charge >= 0.3 is 32.2 Å². The van der Waals surface area contributed by atoms with Crippen LogP contribution in [0.1, 0.15) is 13.8 Å². The number of hydrogen-bond acceptors (Lipinski definition) is 10.